The molecule has 0 radical (unpaired) electrons. The van der Waals surface area contributed by atoms with Gasteiger partial charge < -0.3 is 38.4 Å². The topological polar surface area (TPSA) is 112 Å². The van der Waals surface area contributed by atoms with Crippen molar-refractivity contribution in [3.8, 4) is 57.0 Å². The number of allylic oxidation sites excluding steroid dienone is 2. The van der Waals surface area contributed by atoms with Gasteiger partial charge in [0, 0.05) is 33.4 Å². The lowest BCUT2D eigenvalue weighted by molar-refractivity contribution is 0.414. The van der Waals surface area contributed by atoms with Gasteiger partial charge in [0.15, 0.2) is 0 Å². The average Bonchev–Trinajstić information content (AvgIpc) is 4.22. The van der Waals surface area contributed by atoms with Crippen molar-refractivity contribution < 1.29 is 28.4 Å². The van der Waals surface area contributed by atoms with E-state index in [0.29, 0.717) is 34.9 Å². The van der Waals surface area contributed by atoms with Gasteiger partial charge in [0.05, 0.1) is 51.2 Å². The summed E-state index contributed by atoms with van der Waals surface area (Å²) in [4.78, 5) is 18.7. The third-order valence-electron chi connectivity index (χ3n) is 13.9. The number of hydrogen-bond acceptors (Lipinski definition) is 8. The van der Waals surface area contributed by atoms with E-state index in [-0.39, 0.29) is 0 Å². The summed E-state index contributed by atoms with van der Waals surface area (Å²) in [6.45, 7) is 12.9. The number of aromatic amines is 2. The maximum atomic E-state index is 7.32. The summed E-state index contributed by atoms with van der Waals surface area (Å²) < 4.78 is 37.2. The van der Waals surface area contributed by atoms with Crippen LogP contribution in [0, 0.1) is 41.5 Å². The van der Waals surface area contributed by atoms with E-state index >= 15 is 0 Å². The molecule has 0 saturated heterocycles. The number of aliphatic imine (C=N–C) groups is 2. The number of rotatable bonds is 10. The molecule has 3 aliphatic heterocycles. The number of benzene rings is 6. The minimum Gasteiger partial charge on any atom is -0.497 e. The van der Waals surface area contributed by atoms with Gasteiger partial charge in [-0.1, -0.05) is 83.9 Å². The smallest absolute Gasteiger partial charge is 0.229 e. The van der Waals surface area contributed by atoms with Crippen LogP contribution in [0.3, 0.4) is 0 Å². The fourth-order valence-corrected chi connectivity index (χ4v) is 10.6. The molecule has 74 heavy (non-hydrogen) atoms. The van der Waals surface area contributed by atoms with Crippen LogP contribution in [-0.4, -0.2) is 50.2 Å². The summed E-state index contributed by atoms with van der Waals surface area (Å²) in [6, 6.07) is 45.2. The van der Waals surface area contributed by atoms with Crippen molar-refractivity contribution in [1.29, 1.82) is 0 Å². The summed E-state index contributed by atoms with van der Waals surface area (Å²) in [6.07, 6.45) is 4.25. The maximum absolute atomic E-state index is 7.32. The van der Waals surface area contributed by atoms with Crippen LogP contribution in [-0.2, 0) is 0 Å². The average molecular weight is 977 g/mol. The van der Waals surface area contributed by atoms with Gasteiger partial charge in [-0.2, -0.15) is 0 Å². The molecule has 0 unspecified atom stereocenters. The molecule has 368 valence electrons. The van der Waals surface area contributed by atoms with E-state index in [2.05, 4.69) is 100 Å². The number of hydrogen-bond donors (Lipinski definition) is 2. The predicted octanol–water partition coefficient (Wildman–Crippen LogP) is 14.5. The number of fused-ring (bicyclic) bond motifs is 6. The maximum Gasteiger partial charge on any atom is 0.229 e. The largest absolute Gasteiger partial charge is 0.497 e. The fourth-order valence-electron chi connectivity index (χ4n) is 10.6. The van der Waals surface area contributed by atoms with Crippen molar-refractivity contribution in [1.82, 2.24) is 9.97 Å². The molecule has 5 heterocycles. The summed E-state index contributed by atoms with van der Waals surface area (Å²) in [5, 5.41) is 0. The molecule has 0 atom stereocenters. The zero-order valence-electron chi connectivity index (χ0n) is 43.2. The van der Waals surface area contributed by atoms with Crippen LogP contribution in [0.25, 0.3) is 44.5 Å². The third kappa shape index (κ3) is 8.68. The molecule has 0 amide bonds. The molecule has 0 saturated carbocycles. The molecule has 8 bridgehead atoms. The van der Waals surface area contributed by atoms with E-state index in [0.717, 1.165) is 135 Å². The molecule has 2 N–H and O–H groups in total. The highest BCUT2D eigenvalue weighted by Gasteiger charge is 2.32. The highest BCUT2D eigenvalue weighted by molar-refractivity contribution is 6.25. The SMILES string of the molecule is COc1ccc(C2=CC3=C(c4c(C)cc(C)cc4C)c4cc(-c5ccc(OC)cc5)c([nH]4)OC4=NC(=C(c5c(C)cc(C)cc5C)c5cc(-c6ccc(OC)cc6)c([nH]5)OC2=N3)C=C4c2ccc(OC)cc2)cc1. The van der Waals surface area contributed by atoms with Crippen molar-refractivity contribution in [3.63, 3.8) is 0 Å². The van der Waals surface area contributed by atoms with Gasteiger partial charge in [0.25, 0.3) is 0 Å². The summed E-state index contributed by atoms with van der Waals surface area (Å²) >= 11 is 0. The number of methoxy groups -OCH3 is 4. The Bertz CT molecular complexity index is 3440. The van der Waals surface area contributed by atoms with Gasteiger partial charge in [-0.15, -0.1) is 0 Å². The van der Waals surface area contributed by atoms with E-state index in [1.165, 1.54) is 0 Å². The number of H-pyrrole nitrogens is 2. The lowest BCUT2D eigenvalue weighted by atomic mass is 9.90. The summed E-state index contributed by atoms with van der Waals surface area (Å²) in [5.74, 6) is 4.80. The zero-order valence-corrected chi connectivity index (χ0v) is 43.2. The van der Waals surface area contributed by atoms with Crippen LogP contribution in [0.1, 0.15) is 67.0 Å². The molecule has 11 rings (SSSR count). The van der Waals surface area contributed by atoms with Crippen LogP contribution in [0.5, 0.6) is 34.8 Å². The van der Waals surface area contributed by atoms with E-state index < -0.39 is 0 Å². The van der Waals surface area contributed by atoms with E-state index in [1.54, 1.807) is 28.4 Å². The first-order valence-corrected chi connectivity index (χ1v) is 24.6. The van der Waals surface area contributed by atoms with Crippen LogP contribution in [0.2, 0.25) is 0 Å². The molecular weight excluding hydrogens is 921 g/mol. The van der Waals surface area contributed by atoms with Gasteiger partial charge in [0.2, 0.25) is 23.6 Å². The number of nitrogens with zero attached hydrogens (tertiary/aromatic N) is 2. The Morgan fingerprint density at radius 3 is 0.973 bits per heavy atom. The highest BCUT2D eigenvalue weighted by Crippen LogP contribution is 2.46. The van der Waals surface area contributed by atoms with Gasteiger partial charge >= 0.3 is 0 Å². The highest BCUT2D eigenvalue weighted by atomic mass is 16.5. The first-order chi connectivity index (χ1) is 35.9. The lowest BCUT2D eigenvalue weighted by Gasteiger charge is -2.16. The van der Waals surface area contributed by atoms with Crippen LogP contribution >= 0.6 is 0 Å². The first-order valence-electron chi connectivity index (χ1n) is 24.6. The molecule has 8 aromatic rings. The van der Waals surface area contributed by atoms with E-state index in [1.807, 2.05) is 97.1 Å². The molecule has 0 aliphatic carbocycles. The van der Waals surface area contributed by atoms with Crippen LogP contribution < -0.4 is 28.4 Å². The number of aryl methyl sites for hydroxylation is 6. The zero-order chi connectivity index (χ0) is 51.4. The molecule has 2 aromatic heterocycles. The van der Waals surface area contributed by atoms with Crippen molar-refractivity contribution in [2.75, 3.05) is 28.4 Å². The lowest BCUT2D eigenvalue weighted by Crippen LogP contribution is -2.10. The van der Waals surface area contributed by atoms with Crippen molar-refractivity contribution in [2.45, 2.75) is 41.5 Å². The Labute approximate surface area is 431 Å². The summed E-state index contributed by atoms with van der Waals surface area (Å²) in [5.41, 5.74) is 20.3. The van der Waals surface area contributed by atoms with E-state index in [4.69, 9.17) is 38.4 Å². The molecule has 10 nitrogen and oxygen atoms in total. The second-order valence-electron chi connectivity index (χ2n) is 19.0. The third-order valence-corrected chi connectivity index (χ3v) is 13.9. The second kappa shape index (κ2) is 19.2. The standard InChI is InChI=1S/C64H56N4O6/c1-35-27-37(3)57(38(4)28-35)59-53-31-49(41-11-19-45(69-7)20-12-41)61(65-53)73-63-51(43-15-23-47(71-9)24-16-43)33-55(67-63)60(58-39(5)29-36(2)30-40(58)6)56-34-52(44-17-25-48(72-10)26-18-44)64(68-56)74-62-50(32-54(59)66-62)42-13-21-46(70-8)22-14-42/h11-34,65,68H,1-10H3. The molecule has 3 aliphatic rings. The Morgan fingerprint density at radius 2 is 0.676 bits per heavy atom. The van der Waals surface area contributed by atoms with Gasteiger partial charge in [0.1, 0.15) is 23.0 Å². The Morgan fingerprint density at radius 1 is 0.378 bits per heavy atom. The fraction of sp³-hybridized carbons (Fsp3) is 0.156. The number of nitrogens with one attached hydrogen (secondary N) is 2. The first kappa shape index (κ1) is 47.3. The normalized spacial score (nSPS) is 14.0. The number of aromatic nitrogens is 2. The predicted molar refractivity (Wildman–Crippen MR) is 297 cm³/mol. The Balaban J connectivity index is 1.26. The monoisotopic (exact) mass is 976 g/mol. The van der Waals surface area contributed by atoms with Crippen molar-refractivity contribution in [2.24, 2.45) is 9.98 Å². The molecule has 6 aromatic carbocycles. The van der Waals surface area contributed by atoms with Gasteiger partial charge in [-0.05, 0) is 170 Å². The molecule has 0 spiro atoms. The van der Waals surface area contributed by atoms with Crippen molar-refractivity contribution in [3.05, 3.63) is 224 Å². The minimum absolute atomic E-state index is 0.415. The molecule has 0 fully saturated rings. The van der Waals surface area contributed by atoms with Gasteiger partial charge in [-0.3, -0.25) is 0 Å². The van der Waals surface area contributed by atoms with E-state index in [9.17, 15) is 0 Å². The molecular formula is C64H56N4O6. The van der Waals surface area contributed by atoms with Crippen LogP contribution in [0.4, 0.5) is 0 Å². The van der Waals surface area contributed by atoms with Crippen molar-refractivity contribution >= 4 is 34.1 Å². The second-order valence-corrected chi connectivity index (χ2v) is 19.0. The Kier molecular flexibility index (Phi) is 12.3. The Hall–Kier alpha value is -9.02. The minimum atomic E-state index is 0.415. The number of ether oxygens (including phenoxy) is 6. The summed E-state index contributed by atoms with van der Waals surface area (Å²) in [7, 11) is 6.69. The molecule has 10 heteroatoms. The van der Waals surface area contributed by atoms with Gasteiger partial charge in [-0.25, -0.2) is 9.98 Å². The quantitative estimate of drug-likeness (QED) is 0.141. The van der Waals surface area contributed by atoms with Crippen LogP contribution in [0.15, 0.2) is 167 Å².